The topological polar surface area (TPSA) is 47.9 Å². The molecular weight excluding hydrogens is 659 g/mol. The van der Waals surface area contributed by atoms with Crippen LogP contribution in [0, 0.1) is 0 Å². The molecule has 0 fully saturated rings. The molecule has 1 aromatic heterocycles. The van der Waals surface area contributed by atoms with Crippen molar-refractivity contribution in [1.82, 2.24) is 15.0 Å². The van der Waals surface area contributed by atoms with E-state index in [9.17, 15) is 0 Å². The Bertz CT molecular complexity index is 2860. The summed E-state index contributed by atoms with van der Waals surface area (Å²) in [4.78, 5) is 15.2. The standard InChI is InChI=1S/C50H31N3O/c1-3-13-32(14-4-1)33-23-25-35(26-24-33)48-51-47(34-15-5-2-6-16-34)52-49(53-48)37-28-27-36-31-44-40(30-38(36)29-37)39-17-7-8-18-41(39)50(44)42-19-9-11-21-45(42)54-46-22-12-10-20-43(46)50/h1-31H. The summed E-state index contributed by atoms with van der Waals surface area (Å²) in [6.07, 6.45) is 0. The zero-order chi connectivity index (χ0) is 35.6. The quantitative estimate of drug-likeness (QED) is 0.185. The highest BCUT2D eigenvalue weighted by Crippen LogP contribution is 2.62. The molecule has 1 aliphatic heterocycles. The van der Waals surface area contributed by atoms with E-state index in [0.717, 1.165) is 55.7 Å². The fourth-order valence-electron chi connectivity index (χ4n) is 8.53. The van der Waals surface area contributed by atoms with Crippen molar-refractivity contribution in [1.29, 1.82) is 0 Å². The lowest BCUT2D eigenvalue weighted by atomic mass is 9.66. The molecule has 2 heterocycles. The number of ether oxygens (including phenoxy) is 1. The summed E-state index contributed by atoms with van der Waals surface area (Å²) >= 11 is 0. The van der Waals surface area contributed by atoms with Crippen LogP contribution in [0.4, 0.5) is 0 Å². The zero-order valence-corrected chi connectivity index (χ0v) is 29.1. The van der Waals surface area contributed by atoms with Crippen LogP contribution in [0.2, 0.25) is 0 Å². The SMILES string of the molecule is c1ccc(-c2ccc(-c3nc(-c4ccccc4)nc(-c4ccc5cc6c(cc5c4)-c4ccccc4C64c5ccccc5Oc5ccccc54)n3)cc2)cc1. The van der Waals surface area contributed by atoms with E-state index in [4.69, 9.17) is 19.7 Å². The molecule has 54 heavy (non-hydrogen) atoms. The Hall–Kier alpha value is -7.17. The van der Waals surface area contributed by atoms with E-state index >= 15 is 0 Å². The average Bonchev–Trinajstić information content (AvgIpc) is 3.52. The Morgan fingerprint density at radius 3 is 1.46 bits per heavy atom. The maximum Gasteiger partial charge on any atom is 0.164 e. The van der Waals surface area contributed by atoms with Crippen LogP contribution in [-0.2, 0) is 5.41 Å². The molecular formula is C50H31N3O. The van der Waals surface area contributed by atoms with Crippen molar-refractivity contribution in [2.24, 2.45) is 0 Å². The van der Waals surface area contributed by atoms with E-state index in [1.165, 1.54) is 27.8 Å². The van der Waals surface area contributed by atoms with Crippen LogP contribution < -0.4 is 4.74 Å². The van der Waals surface area contributed by atoms with E-state index in [1.54, 1.807) is 0 Å². The molecule has 252 valence electrons. The van der Waals surface area contributed by atoms with E-state index < -0.39 is 5.41 Å². The maximum atomic E-state index is 6.54. The van der Waals surface area contributed by atoms with Crippen molar-refractivity contribution in [2.75, 3.05) is 0 Å². The Morgan fingerprint density at radius 1 is 0.315 bits per heavy atom. The zero-order valence-electron chi connectivity index (χ0n) is 29.1. The largest absolute Gasteiger partial charge is 0.457 e. The van der Waals surface area contributed by atoms with E-state index in [-0.39, 0.29) is 0 Å². The van der Waals surface area contributed by atoms with Crippen LogP contribution in [0.3, 0.4) is 0 Å². The van der Waals surface area contributed by atoms with Crippen LogP contribution in [0.1, 0.15) is 22.3 Å². The third kappa shape index (κ3) is 4.60. The van der Waals surface area contributed by atoms with Crippen molar-refractivity contribution < 1.29 is 4.74 Å². The molecule has 0 bridgehead atoms. The van der Waals surface area contributed by atoms with Gasteiger partial charge in [0.25, 0.3) is 0 Å². The lowest BCUT2D eigenvalue weighted by Gasteiger charge is -2.39. The first-order valence-electron chi connectivity index (χ1n) is 18.3. The van der Waals surface area contributed by atoms with Crippen molar-refractivity contribution in [2.45, 2.75) is 5.41 Å². The molecule has 0 N–H and O–H groups in total. The van der Waals surface area contributed by atoms with Crippen LogP contribution in [-0.4, -0.2) is 15.0 Å². The Labute approximate surface area is 313 Å². The van der Waals surface area contributed by atoms with Gasteiger partial charge < -0.3 is 4.74 Å². The summed E-state index contributed by atoms with van der Waals surface area (Å²) in [5.74, 6) is 3.70. The van der Waals surface area contributed by atoms with Crippen LogP contribution in [0.25, 0.3) is 67.2 Å². The third-order valence-corrected chi connectivity index (χ3v) is 11.0. The molecule has 1 aliphatic carbocycles. The summed E-state index contributed by atoms with van der Waals surface area (Å²) < 4.78 is 6.54. The van der Waals surface area contributed by atoms with Gasteiger partial charge in [0.1, 0.15) is 11.5 Å². The first-order chi connectivity index (χ1) is 26.7. The number of nitrogens with zero attached hydrogens (tertiary/aromatic N) is 3. The number of hydrogen-bond donors (Lipinski definition) is 0. The van der Waals surface area contributed by atoms with Crippen molar-refractivity contribution >= 4 is 10.8 Å². The summed E-state index contributed by atoms with van der Waals surface area (Å²) in [5.41, 5.74) is 12.0. The van der Waals surface area contributed by atoms with Crippen LogP contribution >= 0.6 is 0 Å². The number of fused-ring (bicyclic) bond motifs is 10. The monoisotopic (exact) mass is 689 g/mol. The molecule has 8 aromatic carbocycles. The molecule has 0 radical (unpaired) electrons. The number of hydrogen-bond acceptors (Lipinski definition) is 4. The molecule has 0 saturated heterocycles. The van der Waals surface area contributed by atoms with Gasteiger partial charge in [-0.2, -0.15) is 0 Å². The third-order valence-electron chi connectivity index (χ3n) is 11.0. The number of benzene rings is 8. The highest BCUT2D eigenvalue weighted by molar-refractivity contribution is 5.98. The second-order valence-corrected chi connectivity index (χ2v) is 14.0. The number of aromatic nitrogens is 3. The fraction of sp³-hybridized carbons (Fsp3) is 0.0200. The van der Waals surface area contributed by atoms with E-state index in [2.05, 4.69) is 152 Å². The van der Waals surface area contributed by atoms with E-state index in [0.29, 0.717) is 17.5 Å². The summed E-state index contributed by atoms with van der Waals surface area (Å²) in [6, 6.07) is 66.1. The molecule has 9 aromatic rings. The molecule has 2 aliphatic rings. The van der Waals surface area contributed by atoms with Crippen molar-refractivity contribution in [3.05, 3.63) is 210 Å². The first-order valence-corrected chi connectivity index (χ1v) is 18.3. The minimum atomic E-state index is -0.506. The highest BCUT2D eigenvalue weighted by atomic mass is 16.5. The highest BCUT2D eigenvalue weighted by Gasteiger charge is 2.51. The van der Waals surface area contributed by atoms with Crippen LogP contribution in [0.15, 0.2) is 188 Å². The molecule has 1 spiro atoms. The second kappa shape index (κ2) is 11.9. The van der Waals surface area contributed by atoms with Crippen molar-refractivity contribution in [3.8, 4) is 67.9 Å². The molecule has 4 nitrogen and oxygen atoms in total. The number of rotatable bonds is 4. The van der Waals surface area contributed by atoms with Gasteiger partial charge in [0.2, 0.25) is 0 Å². The minimum Gasteiger partial charge on any atom is -0.457 e. The minimum absolute atomic E-state index is 0.506. The molecule has 0 amide bonds. The van der Waals surface area contributed by atoms with Gasteiger partial charge in [-0.15, -0.1) is 0 Å². The average molecular weight is 690 g/mol. The normalized spacial score (nSPS) is 13.1. The molecule has 4 heteroatoms. The van der Waals surface area contributed by atoms with Gasteiger partial charge in [0.15, 0.2) is 17.5 Å². The lowest BCUT2D eigenvalue weighted by Crippen LogP contribution is -2.32. The summed E-state index contributed by atoms with van der Waals surface area (Å²) in [5, 5.41) is 2.28. The van der Waals surface area contributed by atoms with Gasteiger partial charge in [-0.3, -0.25) is 0 Å². The Kier molecular flexibility index (Phi) is 6.73. The van der Waals surface area contributed by atoms with Gasteiger partial charge >= 0.3 is 0 Å². The van der Waals surface area contributed by atoms with Gasteiger partial charge in [-0.1, -0.05) is 158 Å². The molecule has 11 rings (SSSR count). The fourth-order valence-corrected chi connectivity index (χ4v) is 8.53. The summed E-state index contributed by atoms with van der Waals surface area (Å²) in [6.45, 7) is 0. The van der Waals surface area contributed by atoms with Gasteiger partial charge in [-0.05, 0) is 74.5 Å². The maximum absolute atomic E-state index is 6.54. The number of para-hydroxylation sites is 2. The van der Waals surface area contributed by atoms with Gasteiger partial charge in [0, 0.05) is 27.8 Å². The van der Waals surface area contributed by atoms with Crippen LogP contribution in [0.5, 0.6) is 11.5 Å². The predicted octanol–water partition coefficient (Wildman–Crippen LogP) is 12.2. The Balaban J connectivity index is 1.08. The van der Waals surface area contributed by atoms with Gasteiger partial charge in [0.05, 0.1) is 5.41 Å². The lowest BCUT2D eigenvalue weighted by molar-refractivity contribution is 0.436. The second-order valence-electron chi connectivity index (χ2n) is 14.0. The molecule has 0 unspecified atom stereocenters. The Morgan fingerprint density at radius 2 is 0.796 bits per heavy atom. The predicted molar refractivity (Wildman–Crippen MR) is 216 cm³/mol. The smallest absolute Gasteiger partial charge is 0.164 e. The van der Waals surface area contributed by atoms with Crippen molar-refractivity contribution in [3.63, 3.8) is 0 Å². The van der Waals surface area contributed by atoms with Gasteiger partial charge in [-0.25, -0.2) is 15.0 Å². The molecule has 0 atom stereocenters. The van der Waals surface area contributed by atoms with E-state index in [1.807, 2.05) is 36.4 Å². The summed E-state index contributed by atoms with van der Waals surface area (Å²) in [7, 11) is 0. The molecule has 0 saturated carbocycles. The first kappa shape index (κ1) is 30.5.